The van der Waals surface area contributed by atoms with Gasteiger partial charge in [0.1, 0.15) is 12.2 Å². The number of ether oxygens (including phenoxy) is 3. The second-order valence-corrected chi connectivity index (χ2v) is 5.33. The first-order valence-corrected chi connectivity index (χ1v) is 7.19. The molecule has 0 spiro atoms. The van der Waals surface area contributed by atoms with Gasteiger partial charge in [-0.25, -0.2) is 0 Å². The van der Waals surface area contributed by atoms with Crippen molar-refractivity contribution in [2.75, 3.05) is 20.0 Å². The van der Waals surface area contributed by atoms with Gasteiger partial charge >= 0.3 is 5.97 Å². The van der Waals surface area contributed by atoms with Gasteiger partial charge in [-0.2, -0.15) is 0 Å². The van der Waals surface area contributed by atoms with Crippen molar-refractivity contribution in [3.63, 3.8) is 0 Å². The van der Waals surface area contributed by atoms with E-state index in [-0.39, 0.29) is 12.9 Å². The summed E-state index contributed by atoms with van der Waals surface area (Å²) in [6, 6.07) is 9.21. The van der Waals surface area contributed by atoms with E-state index in [4.69, 9.17) is 14.2 Å². The van der Waals surface area contributed by atoms with E-state index < -0.39 is 17.5 Å². The minimum Gasteiger partial charge on any atom is -0.481 e. The van der Waals surface area contributed by atoms with Gasteiger partial charge in [0.15, 0.2) is 0 Å². The molecule has 2 rings (SSSR count). The smallest absolute Gasteiger partial charge is 0.316 e. The largest absolute Gasteiger partial charge is 0.481 e. The highest BCUT2D eigenvalue weighted by Crippen LogP contribution is 2.33. The summed E-state index contributed by atoms with van der Waals surface area (Å²) in [4.78, 5) is 12.0. The van der Waals surface area contributed by atoms with Gasteiger partial charge in [0.2, 0.25) is 0 Å². The number of rotatable bonds is 7. The van der Waals surface area contributed by atoms with Gasteiger partial charge in [-0.05, 0) is 19.4 Å². The highest BCUT2D eigenvalue weighted by Gasteiger charge is 2.45. The van der Waals surface area contributed by atoms with Crippen LogP contribution in [0.3, 0.4) is 0 Å². The van der Waals surface area contributed by atoms with Crippen molar-refractivity contribution in [1.29, 1.82) is 0 Å². The molecule has 116 valence electrons. The number of aliphatic carboxylic acids is 1. The van der Waals surface area contributed by atoms with Crippen LogP contribution in [0.25, 0.3) is 0 Å². The first-order valence-electron chi connectivity index (χ1n) is 7.19. The minimum atomic E-state index is -1.12. The molecule has 0 radical (unpaired) electrons. The van der Waals surface area contributed by atoms with Gasteiger partial charge in [0.05, 0.1) is 18.8 Å². The average Bonchev–Trinajstić information content (AvgIpc) is 2.99. The third kappa shape index (κ3) is 3.43. The van der Waals surface area contributed by atoms with Gasteiger partial charge < -0.3 is 19.3 Å². The molecule has 1 N–H and O–H groups in total. The van der Waals surface area contributed by atoms with E-state index in [1.165, 1.54) is 0 Å². The molecule has 0 amide bonds. The monoisotopic (exact) mass is 294 g/mol. The summed E-state index contributed by atoms with van der Waals surface area (Å²) >= 11 is 0. The molecule has 5 nitrogen and oxygen atoms in total. The molecule has 5 heteroatoms. The molecule has 3 atom stereocenters. The number of hydrogen-bond donors (Lipinski definition) is 1. The maximum atomic E-state index is 12.0. The number of benzene rings is 1. The molecule has 21 heavy (non-hydrogen) atoms. The predicted molar refractivity (Wildman–Crippen MR) is 77.2 cm³/mol. The Hall–Kier alpha value is -1.43. The van der Waals surface area contributed by atoms with Crippen molar-refractivity contribution in [3.8, 4) is 0 Å². The zero-order chi connectivity index (χ0) is 15.3. The van der Waals surface area contributed by atoms with Crippen LogP contribution < -0.4 is 0 Å². The van der Waals surface area contributed by atoms with E-state index in [2.05, 4.69) is 0 Å². The Morgan fingerprint density at radius 2 is 2.19 bits per heavy atom. The minimum absolute atomic E-state index is 0.121. The van der Waals surface area contributed by atoms with Crippen molar-refractivity contribution >= 4 is 5.97 Å². The molecule has 0 aliphatic carbocycles. The molecule has 1 aliphatic heterocycles. The second-order valence-electron chi connectivity index (χ2n) is 5.33. The normalized spacial score (nSPS) is 22.7. The van der Waals surface area contributed by atoms with Crippen molar-refractivity contribution in [2.24, 2.45) is 0 Å². The fourth-order valence-corrected chi connectivity index (χ4v) is 2.65. The number of hydrogen-bond acceptors (Lipinski definition) is 4. The molecule has 0 aromatic heterocycles. The van der Waals surface area contributed by atoms with Crippen molar-refractivity contribution < 1.29 is 24.1 Å². The van der Waals surface area contributed by atoms with Crippen LogP contribution in [0.15, 0.2) is 30.3 Å². The Labute approximate surface area is 124 Å². The Bertz CT molecular complexity index is 455. The molecular weight excluding hydrogens is 272 g/mol. The summed E-state index contributed by atoms with van der Waals surface area (Å²) in [7, 11) is 0. The van der Waals surface area contributed by atoms with Crippen LogP contribution in [0, 0.1) is 0 Å². The van der Waals surface area contributed by atoms with E-state index in [1.807, 2.05) is 37.3 Å². The third-order valence-corrected chi connectivity index (χ3v) is 4.00. The Balaban J connectivity index is 2.29. The lowest BCUT2D eigenvalue weighted by atomic mass is 9.75. The average molecular weight is 294 g/mol. The maximum absolute atomic E-state index is 12.0. The first kappa shape index (κ1) is 15.9. The SMILES string of the molecule is CCOC(CC1COCO1)C(C)(C(=O)O)c1ccccc1. The summed E-state index contributed by atoms with van der Waals surface area (Å²) in [6.45, 7) is 4.77. The third-order valence-electron chi connectivity index (χ3n) is 4.00. The molecule has 0 bridgehead atoms. The van der Waals surface area contributed by atoms with Crippen LogP contribution in [-0.4, -0.2) is 43.3 Å². The molecule has 3 unspecified atom stereocenters. The van der Waals surface area contributed by atoms with Gasteiger partial charge in [0, 0.05) is 13.0 Å². The summed E-state index contributed by atoms with van der Waals surface area (Å²) in [6.07, 6.45) is -0.107. The Morgan fingerprint density at radius 3 is 2.71 bits per heavy atom. The zero-order valence-electron chi connectivity index (χ0n) is 12.5. The summed E-state index contributed by atoms with van der Waals surface area (Å²) < 4.78 is 16.4. The van der Waals surface area contributed by atoms with E-state index >= 15 is 0 Å². The van der Waals surface area contributed by atoms with Gasteiger partial charge in [-0.3, -0.25) is 4.79 Å². The fraction of sp³-hybridized carbons (Fsp3) is 0.562. The van der Waals surface area contributed by atoms with Gasteiger partial charge in [0.25, 0.3) is 0 Å². The lowest BCUT2D eigenvalue weighted by molar-refractivity contribution is -0.151. The fourth-order valence-electron chi connectivity index (χ4n) is 2.65. The first-order chi connectivity index (χ1) is 10.1. The standard InChI is InChI=1S/C16H22O5/c1-3-20-14(9-13-10-19-11-21-13)16(2,15(17)18)12-7-5-4-6-8-12/h4-8,13-14H,3,9-11H2,1-2H3,(H,17,18). The van der Waals surface area contributed by atoms with Crippen molar-refractivity contribution in [1.82, 2.24) is 0 Å². The molecule has 1 aromatic carbocycles. The van der Waals surface area contributed by atoms with Crippen LogP contribution in [0.5, 0.6) is 0 Å². The molecule has 1 aliphatic rings. The van der Waals surface area contributed by atoms with E-state index in [0.717, 1.165) is 5.56 Å². The van der Waals surface area contributed by atoms with E-state index in [0.29, 0.717) is 19.6 Å². The van der Waals surface area contributed by atoms with Gasteiger partial charge in [-0.1, -0.05) is 30.3 Å². The highest BCUT2D eigenvalue weighted by atomic mass is 16.7. The Kier molecular flexibility index (Phi) is 5.33. The quantitative estimate of drug-likeness (QED) is 0.835. The van der Waals surface area contributed by atoms with Crippen LogP contribution in [-0.2, 0) is 24.4 Å². The number of carboxylic acid groups (broad SMARTS) is 1. The summed E-state index contributed by atoms with van der Waals surface area (Å²) in [5, 5.41) is 9.80. The predicted octanol–water partition coefficient (Wildman–Crippen LogP) is 2.20. The van der Waals surface area contributed by atoms with Crippen LogP contribution >= 0.6 is 0 Å². The van der Waals surface area contributed by atoms with E-state index in [9.17, 15) is 9.90 Å². The van der Waals surface area contributed by atoms with Crippen LogP contribution in [0.1, 0.15) is 25.8 Å². The van der Waals surface area contributed by atoms with Crippen molar-refractivity contribution in [3.05, 3.63) is 35.9 Å². The zero-order valence-corrected chi connectivity index (χ0v) is 12.5. The molecule has 1 heterocycles. The molecular formula is C16H22O5. The lowest BCUT2D eigenvalue weighted by Crippen LogP contribution is -2.47. The summed E-state index contributed by atoms with van der Waals surface area (Å²) in [5.74, 6) is -0.897. The van der Waals surface area contributed by atoms with Crippen molar-refractivity contribution in [2.45, 2.75) is 37.9 Å². The Morgan fingerprint density at radius 1 is 1.48 bits per heavy atom. The van der Waals surface area contributed by atoms with E-state index in [1.54, 1.807) is 6.92 Å². The highest BCUT2D eigenvalue weighted by molar-refractivity contribution is 5.81. The van der Waals surface area contributed by atoms with Crippen LogP contribution in [0.2, 0.25) is 0 Å². The maximum Gasteiger partial charge on any atom is 0.316 e. The molecule has 1 aromatic rings. The summed E-state index contributed by atoms with van der Waals surface area (Å²) in [5.41, 5.74) is -0.390. The molecule has 1 fully saturated rings. The number of carbonyl (C=O) groups is 1. The second kappa shape index (κ2) is 7.02. The van der Waals surface area contributed by atoms with Gasteiger partial charge in [-0.15, -0.1) is 0 Å². The topological polar surface area (TPSA) is 65.0 Å². The van der Waals surface area contributed by atoms with Crippen LogP contribution in [0.4, 0.5) is 0 Å². The number of carboxylic acids is 1. The molecule has 0 saturated carbocycles. The molecule has 1 saturated heterocycles. The lowest BCUT2D eigenvalue weighted by Gasteiger charge is -2.35.